The molecule has 0 spiro atoms. The highest BCUT2D eigenvalue weighted by molar-refractivity contribution is 7.10. The molecule has 2 unspecified atom stereocenters. The van der Waals surface area contributed by atoms with E-state index in [1.54, 1.807) is 22.2 Å². The number of amides is 5. The molecule has 2 aromatic heterocycles. The molecule has 5 rings (SSSR count). The fourth-order valence-corrected chi connectivity index (χ4v) is 6.39. The van der Waals surface area contributed by atoms with Gasteiger partial charge in [0.2, 0.25) is 17.7 Å². The Morgan fingerprint density at radius 2 is 2.00 bits per heavy atom. The molecule has 0 radical (unpaired) electrons. The Bertz CT molecular complexity index is 1620. The van der Waals surface area contributed by atoms with Gasteiger partial charge in [-0.1, -0.05) is 17.7 Å². The molecule has 2 aliphatic heterocycles. The van der Waals surface area contributed by atoms with Crippen molar-refractivity contribution in [1.82, 2.24) is 30.0 Å². The van der Waals surface area contributed by atoms with Crippen molar-refractivity contribution in [2.45, 2.75) is 64.3 Å². The predicted molar refractivity (Wildman–Crippen MR) is 156 cm³/mol. The minimum absolute atomic E-state index is 0.0430. The summed E-state index contributed by atoms with van der Waals surface area (Å²) >= 11 is 7.65. The SMILES string of the molecule is CC(C)n1cnc(C(C(=O)NCC(F)F)N(Cc2sccc2Cl)C(=O)c2cccc3c2CN(C2CCC(=O)NC2=O)C3=O)c1. The first kappa shape index (κ1) is 31.3. The molecule has 3 aromatic rings. The zero-order chi connectivity index (χ0) is 31.7. The number of halogens is 3. The topological polar surface area (TPSA) is 134 Å². The van der Waals surface area contributed by atoms with Crippen molar-refractivity contribution in [3.05, 3.63) is 74.5 Å². The summed E-state index contributed by atoms with van der Waals surface area (Å²) in [5.41, 5.74) is 0.792. The van der Waals surface area contributed by atoms with Crippen LogP contribution in [0.15, 0.2) is 42.2 Å². The smallest absolute Gasteiger partial charge is 0.255 e. The van der Waals surface area contributed by atoms with Gasteiger partial charge in [-0.05, 0) is 49.4 Å². The maximum Gasteiger partial charge on any atom is 0.255 e. The van der Waals surface area contributed by atoms with Gasteiger partial charge >= 0.3 is 0 Å². The molecule has 2 atom stereocenters. The lowest BCUT2D eigenvalue weighted by molar-refractivity contribution is -0.137. The highest BCUT2D eigenvalue weighted by atomic mass is 35.5. The first-order chi connectivity index (χ1) is 21.0. The number of benzene rings is 1. The van der Waals surface area contributed by atoms with Gasteiger partial charge in [-0.25, -0.2) is 13.8 Å². The lowest BCUT2D eigenvalue weighted by Crippen LogP contribution is -2.52. The van der Waals surface area contributed by atoms with Crippen LogP contribution in [0.5, 0.6) is 0 Å². The number of rotatable bonds is 10. The normalized spacial score (nSPS) is 17.2. The third-order valence-corrected chi connectivity index (χ3v) is 8.94. The third kappa shape index (κ3) is 6.22. The minimum Gasteiger partial charge on any atom is -0.348 e. The standard InChI is InChI=1S/C29H29ClF2N6O5S/c1-15(2)36-12-20(34-14-36)25(27(41)33-10-23(31)32)38(13-22-19(30)8-9-44-22)29(43)17-5-3-4-16-18(17)11-37(28(16)42)21-6-7-24(39)35-26(21)40/h3-5,8-9,12,14-15,21,23,25H,6-7,10-11,13H2,1-2H3,(H,33,41)(H,35,39,40). The van der Waals surface area contributed by atoms with Crippen LogP contribution in [0.3, 0.4) is 0 Å². The Morgan fingerprint density at radius 1 is 1.23 bits per heavy atom. The van der Waals surface area contributed by atoms with E-state index < -0.39 is 54.6 Å². The second-order valence-corrected chi connectivity index (χ2v) is 12.1. The fraction of sp³-hybridized carbons (Fsp3) is 0.379. The van der Waals surface area contributed by atoms with Crippen molar-refractivity contribution in [3.8, 4) is 0 Å². The zero-order valence-electron chi connectivity index (χ0n) is 23.8. The van der Waals surface area contributed by atoms with E-state index in [1.165, 1.54) is 45.7 Å². The Hall–Kier alpha value is -4.17. The molecule has 44 heavy (non-hydrogen) atoms. The summed E-state index contributed by atoms with van der Waals surface area (Å²) in [7, 11) is 0. The van der Waals surface area contributed by atoms with Crippen LogP contribution < -0.4 is 10.6 Å². The number of piperidine rings is 1. The molecule has 0 saturated carbocycles. The average molecular weight is 647 g/mol. The lowest BCUT2D eigenvalue weighted by Gasteiger charge is -2.31. The predicted octanol–water partition coefficient (Wildman–Crippen LogP) is 3.70. The number of carbonyl (C=O) groups is 5. The van der Waals surface area contributed by atoms with Crippen LogP contribution in [0.1, 0.15) is 75.6 Å². The Labute approximate surface area is 260 Å². The fourth-order valence-electron chi connectivity index (χ4n) is 5.30. The van der Waals surface area contributed by atoms with Gasteiger partial charge in [0, 0.05) is 41.2 Å². The highest BCUT2D eigenvalue weighted by Crippen LogP contribution is 2.34. The van der Waals surface area contributed by atoms with Crippen LogP contribution in [-0.2, 0) is 27.5 Å². The number of nitrogens with one attached hydrogen (secondary N) is 2. The molecule has 11 nitrogen and oxygen atoms in total. The lowest BCUT2D eigenvalue weighted by atomic mass is 10.0. The summed E-state index contributed by atoms with van der Waals surface area (Å²) in [6.07, 6.45) is 0.449. The number of hydrogen-bond acceptors (Lipinski definition) is 7. The number of carbonyl (C=O) groups excluding carboxylic acids is 5. The second-order valence-electron chi connectivity index (χ2n) is 10.7. The van der Waals surface area contributed by atoms with Crippen molar-refractivity contribution in [2.75, 3.05) is 6.54 Å². The maximum atomic E-state index is 14.5. The van der Waals surface area contributed by atoms with Gasteiger partial charge in [0.05, 0.1) is 30.1 Å². The molecule has 1 saturated heterocycles. The average Bonchev–Trinajstić information content (AvgIpc) is 3.71. The molecule has 0 aliphatic carbocycles. The van der Waals surface area contributed by atoms with Crippen LogP contribution >= 0.6 is 22.9 Å². The van der Waals surface area contributed by atoms with E-state index >= 15 is 0 Å². The minimum atomic E-state index is -2.83. The number of thiophene rings is 1. The van der Waals surface area contributed by atoms with Gasteiger partial charge in [0.1, 0.15) is 6.04 Å². The monoisotopic (exact) mass is 646 g/mol. The highest BCUT2D eigenvalue weighted by Gasteiger charge is 2.42. The number of hydrogen-bond donors (Lipinski definition) is 2. The number of nitrogens with zero attached hydrogens (tertiary/aromatic N) is 4. The van der Waals surface area contributed by atoms with E-state index in [0.29, 0.717) is 15.5 Å². The largest absolute Gasteiger partial charge is 0.348 e. The molecule has 15 heteroatoms. The van der Waals surface area contributed by atoms with Gasteiger partial charge < -0.3 is 19.7 Å². The molecular formula is C29H29ClF2N6O5S. The second kappa shape index (κ2) is 12.8. The molecule has 232 valence electrons. The Morgan fingerprint density at radius 3 is 2.64 bits per heavy atom. The van der Waals surface area contributed by atoms with Crippen molar-refractivity contribution in [1.29, 1.82) is 0 Å². The summed E-state index contributed by atoms with van der Waals surface area (Å²) in [5, 5.41) is 6.54. The summed E-state index contributed by atoms with van der Waals surface area (Å²) in [5.74, 6) is -3.03. The van der Waals surface area contributed by atoms with Gasteiger partial charge in [0.15, 0.2) is 6.04 Å². The Balaban J connectivity index is 1.56. The molecule has 1 fully saturated rings. The maximum absolute atomic E-state index is 14.5. The van der Waals surface area contributed by atoms with E-state index in [2.05, 4.69) is 15.6 Å². The Kier molecular flexibility index (Phi) is 9.11. The van der Waals surface area contributed by atoms with Crippen LogP contribution in [0.2, 0.25) is 5.02 Å². The van der Waals surface area contributed by atoms with Crippen LogP contribution in [0, 0.1) is 0 Å². The van der Waals surface area contributed by atoms with E-state index in [9.17, 15) is 32.8 Å². The van der Waals surface area contributed by atoms with Crippen LogP contribution in [0.25, 0.3) is 0 Å². The van der Waals surface area contributed by atoms with E-state index in [4.69, 9.17) is 11.6 Å². The van der Waals surface area contributed by atoms with Crippen molar-refractivity contribution in [3.63, 3.8) is 0 Å². The van der Waals surface area contributed by atoms with Gasteiger partial charge in [-0.15, -0.1) is 11.3 Å². The first-order valence-corrected chi connectivity index (χ1v) is 15.1. The molecule has 0 bridgehead atoms. The number of fused-ring (bicyclic) bond motifs is 1. The quantitative estimate of drug-likeness (QED) is 0.323. The van der Waals surface area contributed by atoms with Gasteiger partial charge in [0.25, 0.3) is 18.2 Å². The van der Waals surface area contributed by atoms with E-state index in [1.807, 2.05) is 13.8 Å². The summed E-state index contributed by atoms with van der Waals surface area (Å²) in [6.45, 7) is 2.61. The molecule has 5 amide bonds. The van der Waals surface area contributed by atoms with E-state index in [0.717, 1.165) is 0 Å². The summed E-state index contributed by atoms with van der Waals surface area (Å²) in [6, 6.07) is 3.83. The molecule has 2 aliphatic rings. The van der Waals surface area contributed by atoms with Crippen LogP contribution in [-0.4, -0.2) is 67.9 Å². The molecule has 2 N–H and O–H groups in total. The van der Waals surface area contributed by atoms with Crippen molar-refractivity contribution >= 4 is 52.5 Å². The van der Waals surface area contributed by atoms with E-state index in [-0.39, 0.29) is 48.8 Å². The molecule has 4 heterocycles. The first-order valence-electron chi connectivity index (χ1n) is 13.8. The van der Waals surface area contributed by atoms with Crippen molar-refractivity contribution in [2.24, 2.45) is 0 Å². The zero-order valence-corrected chi connectivity index (χ0v) is 25.3. The molecule has 1 aromatic carbocycles. The number of imide groups is 1. The summed E-state index contributed by atoms with van der Waals surface area (Å²) in [4.78, 5) is 73.2. The van der Waals surface area contributed by atoms with Gasteiger partial charge in [-0.2, -0.15) is 0 Å². The number of alkyl halides is 2. The third-order valence-electron chi connectivity index (χ3n) is 7.57. The van der Waals surface area contributed by atoms with Crippen molar-refractivity contribution < 1.29 is 32.8 Å². The molecular weight excluding hydrogens is 618 g/mol. The number of imidazole rings is 1. The van der Waals surface area contributed by atoms with Gasteiger partial charge in [-0.3, -0.25) is 29.3 Å². The van der Waals surface area contributed by atoms with Crippen LogP contribution in [0.4, 0.5) is 8.78 Å². The number of aromatic nitrogens is 2. The summed E-state index contributed by atoms with van der Waals surface area (Å²) < 4.78 is 28.1.